The van der Waals surface area contributed by atoms with Gasteiger partial charge in [-0.05, 0) is 38.0 Å². The Hall–Kier alpha value is -3.40. The fourth-order valence-corrected chi connectivity index (χ4v) is 3.51. The van der Waals surface area contributed by atoms with Crippen LogP contribution < -0.4 is 15.1 Å². The van der Waals surface area contributed by atoms with E-state index in [1.807, 2.05) is 50.1 Å². The van der Waals surface area contributed by atoms with Crippen molar-refractivity contribution in [3.05, 3.63) is 41.6 Å². The zero-order valence-corrected chi connectivity index (χ0v) is 19.6. The van der Waals surface area contributed by atoms with Crippen molar-refractivity contribution in [3.63, 3.8) is 0 Å². The standard InChI is InChI=1S/C23H32N6O4/c1-5-24-22-25-14-19-20(26-22)27(3)11-12-29(21(19)30)18-8-6-7-17(13-18)15-33-16(2)9-10-28(4)23(31)32/h6-8,13-14,16H,5,9-12,15H2,1-4H3,(H,31,32)(H,24,25,26). The molecule has 0 fully saturated rings. The zero-order valence-electron chi connectivity index (χ0n) is 19.6. The number of benzene rings is 1. The first-order valence-corrected chi connectivity index (χ1v) is 11.1. The van der Waals surface area contributed by atoms with E-state index >= 15 is 0 Å². The fourth-order valence-electron chi connectivity index (χ4n) is 3.51. The smallest absolute Gasteiger partial charge is 0.407 e. The summed E-state index contributed by atoms with van der Waals surface area (Å²) in [5, 5.41) is 12.0. The molecule has 1 aliphatic heterocycles. The van der Waals surface area contributed by atoms with Gasteiger partial charge in [-0.25, -0.2) is 9.78 Å². The number of carbonyl (C=O) groups is 2. The molecule has 10 heteroatoms. The van der Waals surface area contributed by atoms with Crippen LogP contribution in [-0.4, -0.2) is 78.4 Å². The molecule has 178 valence electrons. The Morgan fingerprint density at radius 2 is 2.15 bits per heavy atom. The number of nitrogens with one attached hydrogen (secondary N) is 1. The molecular formula is C23H32N6O4. The van der Waals surface area contributed by atoms with Crippen LogP contribution in [0.4, 0.5) is 22.2 Å². The SMILES string of the molecule is CCNc1ncc2c(n1)N(C)CCN(c1cccc(COC(C)CCN(C)C(=O)O)c1)C2=O. The van der Waals surface area contributed by atoms with Crippen LogP contribution >= 0.6 is 0 Å². The second-order valence-corrected chi connectivity index (χ2v) is 8.12. The van der Waals surface area contributed by atoms with Gasteiger partial charge in [-0.1, -0.05) is 12.1 Å². The average Bonchev–Trinajstić information content (AvgIpc) is 2.92. The second-order valence-electron chi connectivity index (χ2n) is 8.12. The molecule has 0 saturated heterocycles. The Kier molecular flexibility index (Phi) is 8.05. The maximum absolute atomic E-state index is 13.3. The van der Waals surface area contributed by atoms with Crippen LogP contribution in [0.1, 0.15) is 36.2 Å². The third-order valence-electron chi connectivity index (χ3n) is 5.55. The molecule has 10 nitrogen and oxygen atoms in total. The van der Waals surface area contributed by atoms with Crippen LogP contribution in [0, 0.1) is 0 Å². The van der Waals surface area contributed by atoms with Gasteiger partial charge in [-0.15, -0.1) is 0 Å². The highest BCUT2D eigenvalue weighted by atomic mass is 16.5. The minimum absolute atomic E-state index is 0.0983. The van der Waals surface area contributed by atoms with Crippen LogP contribution in [0.15, 0.2) is 30.5 Å². The highest BCUT2D eigenvalue weighted by Gasteiger charge is 2.28. The minimum atomic E-state index is -0.951. The van der Waals surface area contributed by atoms with Crippen molar-refractivity contribution in [2.75, 3.05) is 55.4 Å². The maximum atomic E-state index is 13.3. The number of hydrogen-bond acceptors (Lipinski definition) is 7. The third kappa shape index (κ3) is 6.10. The first-order valence-electron chi connectivity index (χ1n) is 11.1. The topological polar surface area (TPSA) is 111 Å². The van der Waals surface area contributed by atoms with E-state index in [1.54, 1.807) is 18.1 Å². The predicted octanol–water partition coefficient (Wildman–Crippen LogP) is 2.91. The van der Waals surface area contributed by atoms with E-state index in [0.717, 1.165) is 11.3 Å². The maximum Gasteiger partial charge on any atom is 0.407 e. The molecule has 0 spiro atoms. The van der Waals surface area contributed by atoms with E-state index in [-0.39, 0.29) is 12.0 Å². The van der Waals surface area contributed by atoms with Gasteiger partial charge in [-0.2, -0.15) is 4.98 Å². The van der Waals surface area contributed by atoms with Gasteiger partial charge in [0, 0.05) is 52.2 Å². The molecule has 2 heterocycles. The zero-order chi connectivity index (χ0) is 24.0. The summed E-state index contributed by atoms with van der Waals surface area (Å²) >= 11 is 0. The van der Waals surface area contributed by atoms with Gasteiger partial charge in [0.1, 0.15) is 11.4 Å². The van der Waals surface area contributed by atoms with Gasteiger partial charge in [0.25, 0.3) is 5.91 Å². The summed E-state index contributed by atoms with van der Waals surface area (Å²) in [6.07, 6.45) is 1.14. The van der Waals surface area contributed by atoms with Crippen molar-refractivity contribution in [1.82, 2.24) is 14.9 Å². The van der Waals surface area contributed by atoms with Gasteiger partial charge in [0.15, 0.2) is 0 Å². The lowest BCUT2D eigenvalue weighted by Crippen LogP contribution is -2.33. The minimum Gasteiger partial charge on any atom is -0.465 e. The molecule has 1 atom stereocenters. The van der Waals surface area contributed by atoms with Crippen molar-refractivity contribution in [2.24, 2.45) is 0 Å². The molecule has 0 aliphatic carbocycles. The molecule has 0 saturated carbocycles. The summed E-state index contributed by atoms with van der Waals surface area (Å²) in [5.41, 5.74) is 2.20. The quantitative estimate of drug-likeness (QED) is 0.593. The molecule has 1 aliphatic rings. The lowest BCUT2D eigenvalue weighted by atomic mass is 10.1. The summed E-state index contributed by atoms with van der Waals surface area (Å²) in [7, 11) is 3.46. The van der Waals surface area contributed by atoms with Crippen molar-refractivity contribution >= 4 is 29.5 Å². The summed E-state index contributed by atoms with van der Waals surface area (Å²) in [4.78, 5) is 38.0. The lowest BCUT2D eigenvalue weighted by Gasteiger charge is -2.22. The predicted molar refractivity (Wildman–Crippen MR) is 127 cm³/mol. The Balaban J connectivity index is 1.70. The molecule has 0 radical (unpaired) electrons. The van der Waals surface area contributed by atoms with E-state index in [0.29, 0.717) is 56.5 Å². The van der Waals surface area contributed by atoms with Crippen LogP contribution in [0.5, 0.6) is 0 Å². The number of ether oxygens (including phenoxy) is 1. The monoisotopic (exact) mass is 456 g/mol. The van der Waals surface area contributed by atoms with E-state index in [2.05, 4.69) is 15.3 Å². The Labute approximate surface area is 194 Å². The number of carbonyl (C=O) groups excluding carboxylic acids is 1. The first kappa shape index (κ1) is 24.2. The van der Waals surface area contributed by atoms with Gasteiger partial charge in [-0.3, -0.25) is 4.79 Å². The van der Waals surface area contributed by atoms with Crippen molar-refractivity contribution < 1.29 is 19.4 Å². The van der Waals surface area contributed by atoms with Crippen molar-refractivity contribution in [3.8, 4) is 0 Å². The van der Waals surface area contributed by atoms with E-state index in [1.165, 1.54) is 4.90 Å². The number of fused-ring (bicyclic) bond motifs is 1. The van der Waals surface area contributed by atoms with Crippen LogP contribution in [0.3, 0.4) is 0 Å². The van der Waals surface area contributed by atoms with E-state index in [4.69, 9.17) is 9.84 Å². The molecule has 0 bridgehead atoms. The number of aromatic nitrogens is 2. The highest BCUT2D eigenvalue weighted by Crippen LogP contribution is 2.27. The average molecular weight is 457 g/mol. The van der Waals surface area contributed by atoms with Gasteiger partial charge < -0.3 is 29.9 Å². The number of anilines is 3. The largest absolute Gasteiger partial charge is 0.465 e. The van der Waals surface area contributed by atoms with E-state index in [9.17, 15) is 9.59 Å². The second kappa shape index (κ2) is 11.0. The first-order chi connectivity index (χ1) is 15.8. The van der Waals surface area contributed by atoms with E-state index < -0.39 is 6.09 Å². The van der Waals surface area contributed by atoms with Crippen LogP contribution in [-0.2, 0) is 11.3 Å². The molecule has 33 heavy (non-hydrogen) atoms. The summed E-state index contributed by atoms with van der Waals surface area (Å²) in [5.74, 6) is 0.987. The summed E-state index contributed by atoms with van der Waals surface area (Å²) in [6.45, 7) is 6.53. The van der Waals surface area contributed by atoms with Crippen LogP contribution in [0.25, 0.3) is 0 Å². The Morgan fingerprint density at radius 3 is 2.88 bits per heavy atom. The van der Waals surface area contributed by atoms with Crippen molar-refractivity contribution in [1.29, 1.82) is 0 Å². The number of carboxylic acid groups (broad SMARTS) is 1. The normalized spacial score (nSPS) is 14.5. The van der Waals surface area contributed by atoms with Gasteiger partial charge in [0.2, 0.25) is 5.95 Å². The lowest BCUT2D eigenvalue weighted by molar-refractivity contribution is 0.0421. The molecule has 1 aromatic carbocycles. The molecule has 3 rings (SSSR count). The molecule has 2 amide bonds. The molecule has 2 N–H and O–H groups in total. The number of likely N-dealkylation sites (N-methyl/N-ethyl adjacent to an activating group) is 1. The molecule has 1 aromatic heterocycles. The number of amides is 2. The van der Waals surface area contributed by atoms with Gasteiger partial charge >= 0.3 is 6.09 Å². The van der Waals surface area contributed by atoms with Crippen molar-refractivity contribution in [2.45, 2.75) is 33.0 Å². The molecule has 2 aromatic rings. The third-order valence-corrected chi connectivity index (χ3v) is 5.55. The van der Waals surface area contributed by atoms with Crippen LogP contribution in [0.2, 0.25) is 0 Å². The van der Waals surface area contributed by atoms with Gasteiger partial charge in [0.05, 0.1) is 12.7 Å². The Morgan fingerprint density at radius 1 is 1.36 bits per heavy atom. The molecule has 1 unspecified atom stereocenters. The Bertz CT molecular complexity index is 985. The summed E-state index contributed by atoms with van der Waals surface area (Å²) in [6, 6.07) is 7.72. The fraction of sp³-hybridized carbons (Fsp3) is 0.478. The summed E-state index contributed by atoms with van der Waals surface area (Å²) < 4.78 is 5.90. The highest BCUT2D eigenvalue weighted by molar-refractivity contribution is 6.09. The number of hydrogen-bond donors (Lipinski definition) is 2. The number of nitrogens with zero attached hydrogens (tertiary/aromatic N) is 5. The number of rotatable bonds is 9. The molecular weight excluding hydrogens is 424 g/mol.